The number of benzene rings is 1. The van der Waals surface area contributed by atoms with E-state index in [9.17, 15) is 9.59 Å². The number of aryl methyl sites for hydroxylation is 1. The Morgan fingerprint density at radius 1 is 1.00 bits per heavy atom. The molecule has 6 nitrogen and oxygen atoms in total. The highest BCUT2D eigenvalue weighted by Crippen LogP contribution is 2.15. The van der Waals surface area contributed by atoms with Gasteiger partial charge in [-0.15, -0.1) is 0 Å². The molecule has 1 aliphatic rings. The molecule has 1 saturated heterocycles. The van der Waals surface area contributed by atoms with Crippen LogP contribution in [0.25, 0.3) is 0 Å². The Balaban J connectivity index is 1.47. The van der Waals surface area contributed by atoms with E-state index in [1.54, 1.807) is 4.90 Å². The predicted molar refractivity (Wildman–Crippen MR) is 105 cm³/mol. The van der Waals surface area contributed by atoms with Crippen molar-refractivity contribution in [2.75, 3.05) is 26.2 Å². The Labute approximate surface area is 160 Å². The van der Waals surface area contributed by atoms with Crippen LogP contribution in [0, 0.1) is 13.8 Å². The number of piperazine rings is 1. The van der Waals surface area contributed by atoms with Gasteiger partial charge in [-0.3, -0.25) is 4.79 Å². The summed E-state index contributed by atoms with van der Waals surface area (Å²) in [6.45, 7) is 6.92. The molecular weight excluding hydrogens is 340 g/mol. The lowest BCUT2D eigenvalue weighted by Gasteiger charge is -2.34. The Kier molecular flexibility index (Phi) is 5.84. The van der Waals surface area contributed by atoms with Crippen LogP contribution in [-0.2, 0) is 24.8 Å². The molecule has 1 aromatic carbocycles. The van der Waals surface area contributed by atoms with Crippen LogP contribution in [0.3, 0.4) is 0 Å². The van der Waals surface area contributed by atoms with Gasteiger partial charge < -0.3 is 19.7 Å². The quantitative estimate of drug-likeness (QED) is 0.900. The van der Waals surface area contributed by atoms with Crippen LogP contribution in [0.2, 0.25) is 0 Å². The summed E-state index contributed by atoms with van der Waals surface area (Å²) in [5, 5.41) is 2.95. The molecule has 1 aliphatic heterocycles. The molecule has 3 rings (SSSR count). The molecule has 3 amide bonds. The van der Waals surface area contributed by atoms with Crippen LogP contribution < -0.4 is 5.32 Å². The normalized spacial score (nSPS) is 14.3. The first-order valence-electron chi connectivity index (χ1n) is 9.42. The second kappa shape index (κ2) is 8.29. The van der Waals surface area contributed by atoms with E-state index in [1.165, 1.54) is 0 Å². The number of nitrogens with one attached hydrogen (secondary N) is 1. The Morgan fingerprint density at radius 2 is 1.63 bits per heavy atom. The van der Waals surface area contributed by atoms with Crippen molar-refractivity contribution in [3.05, 3.63) is 58.9 Å². The molecule has 1 N–H and O–H groups in total. The minimum Gasteiger partial charge on any atom is -0.352 e. The molecule has 1 fully saturated rings. The van der Waals surface area contributed by atoms with Crippen LogP contribution in [-0.4, -0.2) is 52.5 Å². The Bertz CT molecular complexity index is 805. The van der Waals surface area contributed by atoms with E-state index >= 15 is 0 Å². The van der Waals surface area contributed by atoms with Crippen molar-refractivity contribution in [1.29, 1.82) is 0 Å². The van der Waals surface area contributed by atoms with Gasteiger partial charge in [0.05, 0.1) is 6.42 Å². The molecule has 0 bridgehead atoms. The maximum atomic E-state index is 12.6. The fourth-order valence-electron chi connectivity index (χ4n) is 3.43. The molecule has 2 aromatic rings. The van der Waals surface area contributed by atoms with E-state index in [0.717, 1.165) is 22.5 Å². The van der Waals surface area contributed by atoms with E-state index in [-0.39, 0.29) is 11.9 Å². The first-order valence-corrected chi connectivity index (χ1v) is 9.42. The van der Waals surface area contributed by atoms with Crippen LogP contribution in [0.5, 0.6) is 0 Å². The van der Waals surface area contributed by atoms with E-state index in [1.807, 2.05) is 56.1 Å². The molecule has 0 saturated carbocycles. The molecule has 27 heavy (non-hydrogen) atoms. The maximum Gasteiger partial charge on any atom is 0.317 e. The minimum absolute atomic E-state index is 0.0690. The molecule has 144 valence electrons. The molecule has 0 spiro atoms. The number of hydrogen-bond donors (Lipinski definition) is 1. The van der Waals surface area contributed by atoms with Crippen molar-refractivity contribution in [2.24, 2.45) is 7.05 Å². The van der Waals surface area contributed by atoms with Gasteiger partial charge in [0, 0.05) is 51.2 Å². The standard InChI is InChI=1S/C21H28N4O2/c1-16-13-19(17(2)23(16)3)14-20(26)24-9-11-25(12-10-24)21(27)22-15-18-7-5-4-6-8-18/h4-8,13H,9-12,14-15H2,1-3H3,(H,22,27). The van der Waals surface area contributed by atoms with Gasteiger partial charge in [-0.2, -0.15) is 0 Å². The highest BCUT2D eigenvalue weighted by Gasteiger charge is 2.24. The van der Waals surface area contributed by atoms with Gasteiger partial charge in [0.15, 0.2) is 0 Å². The summed E-state index contributed by atoms with van der Waals surface area (Å²) in [5.41, 5.74) is 4.46. The van der Waals surface area contributed by atoms with Gasteiger partial charge in [-0.25, -0.2) is 4.79 Å². The predicted octanol–water partition coefficient (Wildman–Crippen LogP) is 2.24. The zero-order chi connectivity index (χ0) is 19.4. The first-order chi connectivity index (χ1) is 13.0. The lowest BCUT2D eigenvalue weighted by atomic mass is 10.1. The van der Waals surface area contributed by atoms with Crippen LogP contribution in [0.4, 0.5) is 4.79 Å². The van der Waals surface area contributed by atoms with Crippen LogP contribution >= 0.6 is 0 Å². The van der Waals surface area contributed by atoms with E-state index in [4.69, 9.17) is 0 Å². The molecule has 0 unspecified atom stereocenters. The summed E-state index contributed by atoms with van der Waals surface area (Å²) in [6.07, 6.45) is 0.424. The third-order valence-electron chi connectivity index (χ3n) is 5.43. The number of carbonyl (C=O) groups is 2. The number of urea groups is 1. The average molecular weight is 368 g/mol. The van der Waals surface area contributed by atoms with Crippen molar-refractivity contribution in [3.63, 3.8) is 0 Å². The van der Waals surface area contributed by atoms with Crippen molar-refractivity contribution in [1.82, 2.24) is 19.7 Å². The Morgan fingerprint density at radius 3 is 2.22 bits per heavy atom. The zero-order valence-electron chi connectivity index (χ0n) is 16.4. The number of aromatic nitrogens is 1. The lowest BCUT2D eigenvalue weighted by molar-refractivity contribution is -0.131. The van der Waals surface area contributed by atoms with E-state index in [0.29, 0.717) is 39.1 Å². The van der Waals surface area contributed by atoms with Gasteiger partial charge in [0.25, 0.3) is 0 Å². The summed E-state index contributed by atoms with van der Waals surface area (Å²) in [6, 6.07) is 11.9. The number of nitrogens with zero attached hydrogens (tertiary/aromatic N) is 3. The second-order valence-corrected chi connectivity index (χ2v) is 7.14. The number of amides is 3. The van der Waals surface area contributed by atoms with Gasteiger partial charge in [-0.05, 0) is 31.0 Å². The van der Waals surface area contributed by atoms with Crippen molar-refractivity contribution >= 4 is 11.9 Å². The fraction of sp³-hybridized carbons (Fsp3) is 0.429. The van der Waals surface area contributed by atoms with Gasteiger partial charge in [0.2, 0.25) is 5.91 Å². The van der Waals surface area contributed by atoms with Crippen LogP contribution in [0.15, 0.2) is 36.4 Å². The summed E-state index contributed by atoms with van der Waals surface area (Å²) in [5.74, 6) is 0.132. The molecule has 2 heterocycles. The van der Waals surface area contributed by atoms with Gasteiger partial charge in [0.1, 0.15) is 0 Å². The van der Waals surface area contributed by atoms with Gasteiger partial charge >= 0.3 is 6.03 Å². The topological polar surface area (TPSA) is 57.6 Å². The summed E-state index contributed by atoms with van der Waals surface area (Å²) in [7, 11) is 2.02. The molecule has 0 atom stereocenters. The number of rotatable bonds is 4. The maximum absolute atomic E-state index is 12.6. The van der Waals surface area contributed by atoms with Crippen molar-refractivity contribution < 1.29 is 9.59 Å². The van der Waals surface area contributed by atoms with Gasteiger partial charge in [-0.1, -0.05) is 30.3 Å². The fourth-order valence-corrected chi connectivity index (χ4v) is 3.43. The van der Waals surface area contributed by atoms with Crippen molar-refractivity contribution in [2.45, 2.75) is 26.8 Å². The largest absolute Gasteiger partial charge is 0.352 e. The smallest absolute Gasteiger partial charge is 0.317 e. The monoisotopic (exact) mass is 368 g/mol. The number of hydrogen-bond acceptors (Lipinski definition) is 2. The van der Waals surface area contributed by atoms with Crippen LogP contribution in [0.1, 0.15) is 22.5 Å². The minimum atomic E-state index is -0.0690. The van der Waals surface area contributed by atoms with E-state index in [2.05, 4.69) is 16.0 Å². The average Bonchev–Trinajstić information content (AvgIpc) is 2.93. The molecule has 1 aromatic heterocycles. The Hall–Kier alpha value is -2.76. The zero-order valence-corrected chi connectivity index (χ0v) is 16.4. The molecular formula is C21H28N4O2. The summed E-state index contributed by atoms with van der Waals surface area (Å²) < 4.78 is 2.11. The van der Waals surface area contributed by atoms with Crippen molar-refractivity contribution in [3.8, 4) is 0 Å². The first kappa shape index (κ1) is 19.0. The third kappa shape index (κ3) is 4.51. The molecule has 0 aliphatic carbocycles. The highest BCUT2D eigenvalue weighted by atomic mass is 16.2. The molecule has 0 radical (unpaired) electrons. The summed E-state index contributed by atoms with van der Waals surface area (Å²) in [4.78, 5) is 28.6. The summed E-state index contributed by atoms with van der Waals surface area (Å²) >= 11 is 0. The van der Waals surface area contributed by atoms with E-state index < -0.39 is 0 Å². The highest BCUT2D eigenvalue weighted by molar-refractivity contribution is 5.80. The lowest BCUT2D eigenvalue weighted by Crippen LogP contribution is -2.53. The third-order valence-corrected chi connectivity index (χ3v) is 5.43. The number of carbonyl (C=O) groups excluding carboxylic acids is 2. The molecule has 6 heteroatoms. The second-order valence-electron chi connectivity index (χ2n) is 7.14. The SMILES string of the molecule is Cc1cc(CC(=O)N2CCN(C(=O)NCc3ccccc3)CC2)c(C)n1C.